The molecule has 0 saturated heterocycles. The van der Waals surface area contributed by atoms with E-state index in [1.165, 1.54) is 12.8 Å². The minimum atomic E-state index is 0.0243. The van der Waals surface area contributed by atoms with Crippen LogP contribution in [0.5, 0.6) is 0 Å². The third-order valence-electron chi connectivity index (χ3n) is 3.67. The first kappa shape index (κ1) is 13.9. The molecule has 3 nitrogen and oxygen atoms in total. The molecular weight excluding hydrogens is 200 g/mol. The molecule has 3 N–H and O–H groups in total. The Labute approximate surface area is 100 Å². The van der Waals surface area contributed by atoms with E-state index in [0.29, 0.717) is 0 Å². The maximum Gasteiger partial charge on any atom is 0.0602 e. The van der Waals surface area contributed by atoms with Gasteiger partial charge in [-0.3, -0.25) is 4.90 Å². The summed E-state index contributed by atoms with van der Waals surface area (Å²) in [5.74, 6) is 0.848. The lowest BCUT2D eigenvalue weighted by molar-refractivity contribution is 0.0711. The fourth-order valence-electron chi connectivity index (χ4n) is 2.16. The average Bonchev–Trinajstić information content (AvgIpc) is 2.99. The highest BCUT2D eigenvalue weighted by Crippen LogP contribution is 2.31. The first-order chi connectivity index (χ1) is 7.40. The van der Waals surface area contributed by atoms with Crippen molar-refractivity contribution in [3.05, 3.63) is 0 Å². The number of nitrogens with two attached hydrogens (primary N) is 1. The highest BCUT2D eigenvalue weighted by molar-refractivity contribution is 4.91. The Morgan fingerprint density at radius 2 is 1.94 bits per heavy atom. The summed E-state index contributed by atoms with van der Waals surface area (Å²) in [6, 6.07) is 0.127. The zero-order chi connectivity index (χ0) is 12.3. The minimum Gasteiger partial charge on any atom is -0.395 e. The lowest BCUT2D eigenvalue weighted by Gasteiger charge is -2.39. The Kier molecular flexibility index (Phi) is 4.77. The van der Waals surface area contributed by atoms with Crippen molar-refractivity contribution in [2.45, 2.75) is 52.6 Å². The fourth-order valence-corrected chi connectivity index (χ4v) is 2.16. The topological polar surface area (TPSA) is 49.5 Å². The minimum absolute atomic E-state index is 0.0243. The van der Waals surface area contributed by atoms with Crippen LogP contribution in [-0.4, -0.2) is 41.8 Å². The van der Waals surface area contributed by atoms with Crippen LogP contribution in [0.25, 0.3) is 0 Å². The van der Waals surface area contributed by atoms with Crippen LogP contribution in [0.1, 0.15) is 40.5 Å². The quantitative estimate of drug-likeness (QED) is 0.723. The molecule has 1 saturated carbocycles. The Balaban J connectivity index is 2.61. The highest BCUT2D eigenvalue weighted by Gasteiger charge is 2.34. The molecule has 16 heavy (non-hydrogen) atoms. The van der Waals surface area contributed by atoms with Gasteiger partial charge in [0, 0.05) is 18.6 Å². The maximum atomic E-state index is 9.57. The van der Waals surface area contributed by atoms with Crippen LogP contribution in [0, 0.1) is 11.3 Å². The Bertz CT molecular complexity index is 208. The van der Waals surface area contributed by atoms with Crippen molar-refractivity contribution in [2.24, 2.45) is 17.1 Å². The third kappa shape index (κ3) is 3.72. The highest BCUT2D eigenvalue weighted by atomic mass is 16.3. The molecule has 1 rings (SSSR count). The Hall–Kier alpha value is -0.120. The molecule has 1 aliphatic rings. The molecule has 0 bridgehead atoms. The molecular formula is C13H28N2O. The van der Waals surface area contributed by atoms with Gasteiger partial charge in [0.1, 0.15) is 0 Å². The second kappa shape index (κ2) is 5.48. The monoisotopic (exact) mass is 228 g/mol. The first-order valence-electron chi connectivity index (χ1n) is 6.50. The summed E-state index contributed by atoms with van der Waals surface area (Å²) in [5.41, 5.74) is 6.32. The molecule has 96 valence electrons. The standard InChI is InChI=1S/C13H28N2O/c1-5-15(8-10-6-7-10)11(9-16)12(14)13(2,3)4/h10-12,16H,5-9,14H2,1-4H3. The zero-order valence-electron chi connectivity index (χ0n) is 11.2. The van der Waals surface area contributed by atoms with E-state index < -0.39 is 0 Å². The van der Waals surface area contributed by atoms with Crippen LogP contribution in [0.4, 0.5) is 0 Å². The second-order valence-corrected chi connectivity index (χ2v) is 6.17. The summed E-state index contributed by atoms with van der Waals surface area (Å²) in [6.45, 7) is 10.8. The van der Waals surface area contributed by atoms with Gasteiger partial charge in [0.05, 0.1) is 6.61 Å². The van der Waals surface area contributed by atoms with E-state index in [2.05, 4.69) is 32.6 Å². The van der Waals surface area contributed by atoms with Crippen molar-refractivity contribution < 1.29 is 5.11 Å². The lowest BCUT2D eigenvalue weighted by atomic mass is 9.82. The molecule has 1 fully saturated rings. The third-order valence-corrected chi connectivity index (χ3v) is 3.67. The fraction of sp³-hybridized carbons (Fsp3) is 1.00. The molecule has 0 radical (unpaired) electrons. The Morgan fingerprint density at radius 3 is 2.25 bits per heavy atom. The summed E-state index contributed by atoms with van der Waals surface area (Å²) < 4.78 is 0. The summed E-state index contributed by atoms with van der Waals surface area (Å²) in [6.07, 6.45) is 2.69. The molecule has 0 heterocycles. The number of hydrogen-bond acceptors (Lipinski definition) is 3. The largest absolute Gasteiger partial charge is 0.395 e. The Morgan fingerprint density at radius 1 is 1.38 bits per heavy atom. The molecule has 2 unspecified atom stereocenters. The van der Waals surface area contributed by atoms with E-state index in [1.807, 2.05) is 0 Å². The van der Waals surface area contributed by atoms with Crippen LogP contribution in [0.2, 0.25) is 0 Å². The van der Waals surface area contributed by atoms with Gasteiger partial charge in [0.15, 0.2) is 0 Å². The van der Waals surface area contributed by atoms with E-state index in [-0.39, 0.29) is 24.1 Å². The number of nitrogens with zero attached hydrogens (tertiary/aromatic N) is 1. The zero-order valence-corrected chi connectivity index (χ0v) is 11.2. The van der Waals surface area contributed by atoms with Crippen LogP contribution < -0.4 is 5.73 Å². The molecule has 2 atom stereocenters. The normalized spacial score (nSPS) is 21.2. The molecule has 0 aromatic carbocycles. The van der Waals surface area contributed by atoms with E-state index >= 15 is 0 Å². The summed E-state index contributed by atoms with van der Waals surface area (Å²) in [4.78, 5) is 2.35. The van der Waals surface area contributed by atoms with Gasteiger partial charge in [-0.2, -0.15) is 0 Å². The van der Waals surface area contributed by atoms with E-state index in [9.17, 15) is 5.11 Å². The van der Waals surface area contributed by atoms with Gasteiger partial charge >= 0.3 is 0 Å². The molecule has 0 aromatic heterocycles. The molecule has 3 heteroatoms. The van der Waals surface area contributed by atoms with Gasteiger partial charge in [-0.1, -0.05) is 27.7 Å². The van der Waals surface area contributed by atoms with Crippen molar-refractivity contribution in [3.8, 4) is 0 Å². The van der Waals surface area contributed by atoms with Crippen LogP contribution in [-0.2, 0) is 0 Å². The lowest BCUT2D eigenvalue weighted by Crippen LogP contribution is -2.56. The van der Waals surface area contributed by atoms with Gasteiger partial charge in [0.25, 0.3) is 0 Å². The smallest absolute Gasteiger partial charge is 0.0602 e. The predicted molar refractivity (Wildman–Crippen MR) is 68.3 cm³/mol. The number of rotatable bonds is 6. The first-order valence-corrected chi connectivity index (χ1v) is 6.50. The maximum absolute atomic E-state index is 9.57. The summed E-state index contributed by atoms with van der Waals surface area (Å²) in [5, 5.41) is 9.57. The van der Waals surface area contributed by atoms with Crippen molar-refractivity contribution in [2.75, 3.05) is 19.7 Å². The van der Waals surface area contributed by atoms with E-state index in [4.69, 9.17) is 5.73 Å². The van der Waals surface area contributed by atoms with E-state index in [0.717, 1.165) is 19.0 Å². The van der Waals surface area contributed by atoms with E-state index in [1.54, 1.807) is 0 Å². The van der Waals surface area contributed by atoms with Crippen LogP contribution >= 0.6 is 0 Å². The van der Waals surface area contributed by atoms with Gasteiger partial charge in [-0.05, 0) is 30.7 Å². The van der Waals surface area contributed by atoms with Crippen molar-refractivity contribution in [3.63, 3.8) is 0 Å². The summed E-state index contributed by atoms with van der Waals surface area (Å²) in [7, 11) is 0. The second-order valence-electron chi connectivity index (χ2n) is 6.17. The molecule has 0 amide bonds. The SMILES string of the molecule is CCN(CC1CC1)C(CO)C(N)C(C)(C)C. The number of aliphatic hydroxyl groups is 1. The number of hydrogen-bond donors (Lipinski definition) is 2. The predicted octanol–water partition coefficient (Wildman–Crippen LogP) is 1.45. The molecule has 1 aliphatic carbocycles. The molecule has 0 aliphatic heterocycles. The van der Waals surface area contributed by atoms with Crippen LogP contribution in [0.3, 0.4) is 0 Å². The van der Waals surface area contributed by atoms with Gasteiger partial charge in [0.2, 0.25) is 0 Å². The number of aliphatic hydroxyl groups excluding tert-OH is 1. The van der Waals surface area contributed by atoms with Crippen molar-refractivity contribution in [1.29, 1.82) is 0 Å². The van der Waals surface area contributed by atoms with Crippen molar-refractivity contribution in [1.82, 2.24) is 4.90 Å². The van der Waals surface area contributed by atoms with Crippen molar-refractivity contribution >= 4 is 0 Å². The summed E-state index contributed by atoms with van der Waals surface area (Å²) >= 11 is 0. The van der Waals surface area contributed by atoms with Gasteiger partial charge in [-0.15, -0.1) is 0 Å². The average molecular weight is 228 g/mol. The molecule has 0 spiro atoms. The van der Waals surface area contributed by atoms with Gasteiger partial charge < -0.3 is 10.8 Å². The van der Waals surface area contributed by atoms with Gasteiger partial charge in [-0.25, -0.2) is 0 Å². The van der Waals surface area contributed by atoms with Crippen LogP contribution in [0.15, 0.2) is 0 Å². The molecule has 0 aromatic rings. The number of likely N-dealkylation sites (N-methyl/N-ethyl adjacent to an activating group) is 1.